The van der Waals surface area contributed by atoms with Crippen molar-refractivity contribution < 1.29 is 24.2 Å². The summed E-state index contributed by atoms with van der Waals surface area (Å²) < 4.78 is 5.31. The first kappa shape index (κ1) is 29.1. The number of carbonyl (C=O) groups excluding carboxylic acids is 2. The zero-order valence-corrected chi connectivity index (χ0v) is 23.3. The van der Waals surface area contributed by atoms with Crippen LogP contribution >= 0.6 is 0 Å². The number of aliphatic carboxylic acids is 1. The quantitative estimate of drug-likeness (QED) is 0.234. The number of aryl methyl sites for hydroxylation is 1. The second-order valence-corrected chi connectivity index (χ2v) is 9.74. The zero-order valence-electron chi connectivity index (χ0n) is 23.3. The van der Waals surface area contributed by atoms with Crippen molar-refractivity contribution >= 4 is 17.8 Å². The van der Waals surface area contributed by atoms with Gasteiger partial charge in [0, 0.05) is 30.8 Å². The van der Waals surface area contributed by atoms with Gasteiger partial charge in [0.15, 0.2) is 0 Å². The number of nitrogens with one attached hydrogen (secondary N) is 1. The molecule has 0 fully saturated rings. The van der Waals surface area contributed by atoms with Crippen molar-refractivity contribution in [2.24, 2.45) is 0 Å². The van der Waals surface area contributed by atoms with Gasteiger partial charge in [0.1, 0.15) is 5.75 Å². The van der Waals surface area contributed by atoms with Crippen molar-refractivity contribution in [3.8, 4) is 16.9 Å². The first-order valence-corrected chi connectivity index (χ1v) is 13.5. The Kier molecular flexibility index (Phi) is 9.89. The van der Waals surface area contributed by atoms with Crippen molar-refractivity contribution in [2.45, 2.75) is 26.3 Å². The summed E-state index contributed by atoms with van der Waals surface area (Å²) in [6.07, 6.45) is 0.354. The number of methoxy groups -OCH3 is 1. The number of rotatable bonds is 12. The van der Waals surface area contributed by atoms with Gasteiger partial charge in [0.05, 0.1) is 13.5 Å². The Bertz CT molecular complexity index is 1530. The van der Waals surface area contributed by atoms with E-state index in [9.17, 15) is 19.5 Å². The first-order valence-electron chi connectivity index (χ1n) is 13.5. The lowest BCUT2D eigenvalue weighted by molar-refractivity contribution is -0.137. The predicted molar refractivity (Wildman–Crippen MR) is 159 cm³/mol. The molecule has 4 aromatic rings. The van der Waals surface area contributed by atoms with Gasteiger partial charge >= 0.3 is 5.97 Å². The highest BCUT2D eigenvalue weighted by atomic mass is 16.5. The number of ether oxygens (including phenoxy) is 1. The van der Waals surface area contributed by atoms with Crippen molar-refractivity contribution in [1.29, 1.82) is 0 Å². The lowest BCUT2D eigenvalue weighted by Crippen LogP contribution is -2.35. The molecule has 0 aliphatic carbocycles. The summed E-state index contributed by atoms with van der Waals surface area (Å²) in [7, 11) is 1.60. The summed E-state index contributed by atoms with van der Waals surface area (Å²) in [5.74, 6) is -0.798. The van der Waals surface area contributed by atoms with E-state index < -0.39 is 5.97 Å². The summed E-state index contributed by atoms with van der Waals surface area (Å²) in [4.78, 5) is 40.3. The molecule has 0 bridgehead atoms. The van der Waals surface area contributed by atoms with Crippen LogP contribution in [0.5, 0.6) is 5.75 Å². The molecule has 41 heavy (non-hydrogen) atoms. The minimum atomic E-state index is -0.979. The molecule has 2 amide bonds. The molecule has 7 heteroatoms. The van der Waals surface area contributed by atoms with Crippen LogP contribution in [-0.4, -0.2) is 48.0 Å². The smallest absolute Gasteiger partial charge is 0.305 e. The van der Waals surface area contributed by atoms with Gasteiger partial charge in [-0.25, -0.2) is 0 Å². The van der Waals surface area contributed by atoms with Crippen LogP contribution in [0.3, 0.4) is 0 Å². The maximum absolute atomic E-state index is 13.9. The molecule has 4 aromatic carbocycles. The number of amides is 2. The Balaban J connectivity index is 1.61. The molecule has 0 unspecified atom stereocenters. The molecule has 0 aliphatic heterocycles. The average molecular weight is 551 g/mol. The van der Waals surface area contributed by atoms with E-state index in [1.54, 1.807) is 36.3 Å². The molecule has 0 saturated carbocycles. The van der Waals surface area contributed by atoms with Gasteiger partial charge in [0.2, 0.25) is 0 Å². The van der Waals surface area contributed by atoms with Crippen molar-refractivity contribution in [2.75, 3.05) is 20.2 Å². The molecule has 0 saturated heterocycles. The van der Waals surface area contributed by atoms with E-state index in [0.717, 1.165) is 16.7 Å². The normalized spacial score (nSPS) is 10.6. The SMILES string of the molecule is COc1cccc(CCN(CCC(=O)O)C(=O)c2ccccc2-c2ccccc2C(=O)NCc2ccccc2C)c1. The van der Waals surface area contributed by atoms with Crippen LogP contribution in [0.2, 0.25) is 0 Å². The maximum Gasteiger partial charge on any atom is 0.305 e. The summed E-state index contributed by atoms with van der Waals surface area (Å²) in [5, 5.41) is 12.4. The highest BCUT2D eigenvalue weighted by Crippen LogP contribution is 2.29. The van der Waals surface area contributed by atoms with E-state index in [1.807, 2.05) is 79.7 Å². The number of hydrogen-bond donors (Lipinski definition) is 2. The van der Waals surface area contributed by atoms with E-state index >= 15 is 0 Å². The average Bonchev–Trinajstić information content (AvgIpc) is 3.00. The van der Waals surface area contributed by atoms with Crippen molar-refractivity contribution in [3.63, 3.8) is 0 Å². The van der Waals surface area contributed by atoms with Gasteiger partial charge in [-0.1, -0.05) is 72.8 Å². The minimum Gasteiger partial charge on any atom is -0.497 e. The number of hydrogen-bond acceptors (Lipinski definition) is 4. The Labute approximate surface area is 240 Å². The van der Waals surface area contributed by atoms with Gasteiger partial charge < -0.3 is 20.1 Å². The Morgan fingerprint density at radius 3 is 2.17 bits per heavy atom. The highest BCUT2D eigenvalue weighted by molar-refractivity contribution is 6.06. The van der Waals surface area contributed by atoms with Gasteiger partial charge in [-0.05, 0) is 65.4 Å². The van der Waals surface area contributed by atoms with Crippen LogP contribution < -0.4 is 10.1 Å². The second-order valence-electron chi connectivity index (χ2n) is 9.74. The Morgan fingerprint density at radius 1 is 0.805 bits per heavy atom. The van der Waals surface area contributed by atoms with Crippen molar-refractivity contribution in [1.82, 2.24) is 10.2 Å². The van der Waals surface area contributed by atoms with E-state index in [-0.39, 0.29) is 24.8 Å². The fourth-order valence-corrected chi connectivity index (χ4v) is 4.71. The fraction of sp³-hybridized carbons (Fsp3) is 0.206. The highest BCUT2D eigenvalue weighted by Gasteiger charge is 2.22. The van der Waals surface area contributed by atoms with Crippen LogP contribution in [0, 0.1) is 6.92 Å². The van der Waals surface area contributed by atoms with Gasteiger partial charge in [-0.2, -0.15) is 0 Å². The summed E-state index contributed by atoms with van der Waals surface area (Å²) >= 11 is 0. The van der Waals surface area contributed by atoms with E-state index in [4.69, 9.17) is 4.74 Å². The molecule has 210 valence electrons. The van der Waals surface area contributed by atoms with Crippen molar-refractivity contribution in [3.05, 3.63) is 125 Å². The third-order valence-corrected chi connectivity index (χ3v) is 7.01. The number of carbonyl (C=O) groups is 3. The second kappa shape index (κ2) is 13.9. The molecule has 4 rings (SSSR count). The summed E-state index contributed by atoms with van der Waals surface area (Å²) in [5.41, 5.74) is 5.19. The predicted octanol–water partition coefficient (Wildman–Crippen LogP) is 5.76. The fourth-order valence-electron chi connectivity index (χ4n) is 4.71. The molecule has 2 N–H and O–H groups in total. The zero-order chi connectivity index (χ0) is 29.2. The topological polar surface area (TPSA) is 95.9 Å². The standard InChI is InChI=1S/C34H34N2O5/c1-24-10-3-4-12-26(24)23-35-33(39)30-16-7-5-14-28(30)29-15-6-8-17-31(29)34(40)36(21-19-32(37)38)20-18-25-11-9-13-27(22-25)41-2/h3-17,22H,18-21,23H2,1-2H3,(H,35,39)(H,37,38). The van der Waals surface area contributed by atoms with E-state index in [0.29, 0.717) is 47.5 Å². The third-order valence-electron chi connectivity index (χ3n) is 7.01. The summed E-state index contributed by atoms with van der Waals surface area (Å²) in [6, 6.07) is 29.8. The molecular weight excluding hydrogens is 516 g/mol. The van der Waals surface area contributed by atoms with Crippen LogP contribution in [-0.2, 0) is 17.8 Å². The Morgan fingerprint density at radius 2 is 1.46 bits per heavy atom. The number of carboxylic acid groups (broad SMARTS) is 1. The van der Waals surface area contributed by atoms with Gasteiger partial charge in [-0.15, -0.1) is 0 Å². The van der Waals surface area contributed by atoms with Gasteiger partial charge in [0.25, 0.3) is 11.8 Å². The number of carboxylic acids is 1. The van der Waals surface area contributed by atoms with E-state index in [2.05, 4.69) is 5.32 Å². The number of benzene rings is 4. The maximum atomic E-state index is 13.9. The third kappa shape index (κ3) is 7.60. The molecule has 0 aromatic heterocycles. The molecule has 0 aliphatic rings. The number of nitrogens with zero attached hydrogens (tertiary/aromatic N) is 1. The molecule has 0 spiro atoms. The van der Waals surface area contributed by atoms with Gasteiger partial charge in [-0.3, -0.25) is 14.4 Å². The molecule has 0 atom stereocenters. The van der Waals surface area contributed by atoms with Crippen LogP contribution in [0.25, 0.3) is 11.1 Å². The monoisotopic (exact) mass is 550 g/mol. The van der Waals surface area contributed by atoms with Crippen LogP contribution in [0.1, 0.15) is 43.8 Å². The summed E-state index contributed by atoms with van der Waals surface area (Å²) in [6.45, 7) is 2.77. The molecule has 0 heterocycles. The molecule has 7 nitrogen and oxygen atoms in total. The molecule has 0 radical (unpaired) electrons. The van der Waals surface area contributed by atoms with Crippen LogP contribution in [0.15, 0.2) is 97.1 Å². The molecular formula is C34H34N2O5. The largest absolute Gasteiger partial charge is 0.497 e. The minimum absolute atomic E-state index is 0.0605. The first-order chi connectivity index (χ1) is 19.9. The van der Waals surface area contributed by atoms with Crippen LogP contribution in [0.4, 0.5) is 0 Å². The Hall–Kier alpha value is -4.91. The lowest BCUT2D eigenvalue weighted by atomic mass is 9.94. The van der Waals surface area contributed by atoms with E-state index in [1.165, 1.54) is 0 Å². The lowest BCUT2D eigenvalue weighted by Gasteiger charge is -2.24.